The molecule has 1 aliphatic heterocycles. The molecule has 4 heteroatoms. The first-order valence-electron chi connectivity index (χ1n) is 6.46. The van der Waals surface area contributed by atoms with Crippen molar-refractivity contribution >= 4 is 17.2 Å². The maximum Gasteiger partial charge on any atom is 0.264 e. The number of nitrogens with one attached hydrogen (secondary N) is 1. The van der Waals surface area contributed by atoms with E-state index < -0.39 is 0 Å². The highest BCUT2D eigenvalue weighted by molar-refractivity contribution is 7.12. The van der Waals surface area contributed by atoms with Crippen molar-refractivity contribution in [3.05, 3.63) is 58.3 Å². The number of rotatable bonds is 2. The summed E-state index contributed by atoms with van der Waals surface area (Å²) in [7, 11) is 0. The summed E-state index contributed by atoms with van der Waals surface area (Å²) in [5.41, 5.74) is 1.24. The van der Waals surface area contributed by atoms with Gasteiger partial charge in [-0.15, -0.1) is 11.3 Å². The standard InChI is InChI=1S/C15H16N2OS/c18-15(14-7-4-10-19-14)17-9-8-16-13(11-17)12-5-2-1-3-6-12/h1-7,10,13,16H,8-9,11H2. The maximum atomic E-state index is 12.3. The summed E-state index contributed by atoms with van der Waals surface area (Å²) < 4.78 is 0. The van der Waals surface area contributed by atoms with Gasteiger partial charge < -0.3 is 10.2 Å². The van der Waals surface area contributed by atoms with E-state index in [9.17, 15) is 4.79 Å². The van der Waals surface area contributed by atoms with Gasteiger partial charge in [-0.25, -0.2) is 0 Å². The summed E-state index contributed by atoms with van der Waals surface area (Å²) in [4.78, 5) is 15.1. The van der Waals surface area contributed by atoms with Gasteiger partial charge in [-0.2, -0.15) is 0 Å². The molecule has 1 saturated heterocycles. The van der Waals surface area contributed by atoms with Crippen molar-refractivity contribution in [3.63, 3.8) is 0 Å². The monoisotopic (exact) mass is 272 g/mol. The van der Waals surface area contributed by atoms with Crippen molar-refractivity contribution in [2.45, 2.75) is 6.04 Å². The van der Waals surface area contributed by atoms with E-state index in [-0.39, 0.29) is 11.9 Å². The van der Waals surface area contributed by atoms with Crippen LogP contribution in [0.15, 0.2) is 47.8 Å². The molecule has 0 bridgehead atoms. The zero-order chi connectivity index (χ0) is 13.1. The van der Waals surface area contributed by atoms with Crippen LogP contribution >= 0.6 is 11.3 Å². The van der Waals surface area contributed by atoms with E-state index in [4.69, 9.17) is 0 Å². The summed E-state index contributed by atoms with van der Waals surface area (Å²) in [6.45, 7) is 2.36. The molecule has 1 aromatic heterocycles. The largest absolute Gasteiger partial charge is 0.335 e. The minimum atomic E-state index is 0.150. The van der Waals surface area contributed by atoms with Crippen molar-refractivity contribution in [1.29, 1.82) is 0 Å². The van der Waals surface area contributed by atoms with Crippen LogP contribution in [-0.2, 0) is 0 Å². The molecule has 3 nitrogen and oxygen atoms in total. The average Bonchev–Trinajstić information content (AvgIpc) is 3.02. The predicted octanol–water partition coefficient (Wildman–Crippen LogP) is 2.53. The molecular formula is C15H16N2OS. The van der Waals surface area contributed by atoms with Crippen LogP contribution in [0.1, 0.15) is 21.3 Å². The van der Waals surface area contributed by atoms with Crippen LogP contribution in [0.3, 0.4) is 0 Å². The molecule has 2 aromatic rings. The summed E-state index contributed by atoms with van der Waals surface area (Å²) >= 11 is 1.51. The summed E-state index contributed by atoms with van der Waals surface area (Å²) in [5.74, 6) is 0.150. The Labute approximate surface area is 116 Å². The normalized spacial score (nSPS) is 19.4. The van der Waals surface area contributed by atoms with Crippen molar-refractivity contribution in [2.75, 3.05) is 19.6 Å². The Bertz CT molecular complexity index is 539. The summed E-state index contributed by atoms with van der Waals surface area (Å²) in [6, 6.07) is 14.4. The van der Waals surface area contributed by atoms with Gasteiger partial charge in [-0.1, -0.05) is 36.4 Å². The van der Waals surface area contributed by atoms with Gasteiger partial charge in [-0.05, 0) is 17.0 Å². The van der Waals surface area contributed by atoms with E-state index in [0.717, 1.165) is 24.5 Å². The lowest BCUT2D eigenvalue weighted by atomic mass is 10.0. The Balaban J connectivity index is 1.73. The second kappa shape index (κ2) is 5.55. The molecular weight excluding hydrogens is 256 g/mol. The fourth-order valence-electron chi connectivity index (χ4n) is 2.40. The Morgan fingerprint density at radius 2 is 2.05 bits per heavy atom. The first kappa shape index (κ1) is 12.4. The van der Waals surface area contributed by atoms with E-state index in [1.165, 1.54) is 16.9 Å². The summed E-state index contributed by atoms with van der Waals surface area (Å²) in [5, 5.41) is 5.42. The zero-order valence-electron chi connectivity index (χ0n) is 10.6. The van der Waals surface area contributed by atoms with Crippen molar-refractivity contribution in [3.8, 4) is 0 Å². The molecule has 2 heterocycles. The molecule has 1 aromatic carbocycles. The van der Waals surface area contributed by atoms with Crippen LogP contribution in [0.2, 0.25) is 0 Å². The van der Waals surface area contributed by atoms with Gasteiger partial charge in [0.25, 0.3) is 5.91 Å². The first-order chi connectivity index (χ1) is 9.34. The van der Waals surface area contributed by atoms with Crippen LogP contribution in [-0.4, -0.2) is 30.4 Å². The molecule has 1 N–H and O–H groups in total. The Kier molecular flexibility index (Phi) is 3.62. The highest BCUT2D eigenvalue weighted by atomic mass is 32.1. The number of amides is 1. The van der Waals surface area contributed by atoms with E-state index in [2.05, 4.69) is 17.4 Å². The van der Waals surface area contributed by atoms with Crippen LogP contribution < -0.4 is 5.32 Å². The van der Waals surface area contributed by atoms with Gasteiger partial charge in [0, 0.05) is 25.7 Å². The zero-order valence-corrected chi connectivity index (χ0v) is 11.4. The molecule has 0 radical (unpaired) electrons. The van der Waals surface area contributed by atoms with Gasteiger partial charge in [-0.3, -0.25) is 4.79 Å². The molecule has 0 spiro atoms. The van der Waals surface area contributed by atoms with Gasteiger partial charge in [0.15, 0.2) is 0 Å². The lowest BCUT2D eigenvalue weighted by Crippen LogP contribution is -2.48. The topological polar surface area (TPSA) is 32.3 Å². The maximum absolute atomic E-state index is 12.3. The molecule has 1 aliphatic rings. The van der Waals surface area contributed by atoms with E-state index in [1.807, 2.05) is 40.6 Å². The number of hydrogen-bond acceptors (Lipinski definition) is 3. The number of carbonyl (C=O) groups is 1. The van der Waals surface area contributed by atoms with E-state index in [1.54, 1.807) is 0 Å². The number of nitrogens with zero attached hydrogens (tertiary/aromatic N) is 1. The minimum absolute atomic E-state index is 0.150. The van der Waals surface area contributed by atoms with Gasteiger partial charge in [0.05, 0.1) is 4.88 Å². The van der Waals surface area contributed by atoms with Crippen molar-refractivity contribution in [1.82, 2.24) is 10.2 Å². The highest BCUT2D eigenvalue weighted by Crippen LogP contribution is 2.20. The molecule has 0 saturated carbocycles. The predicted molar refractivity (Wildman–Crippen MR) is 77.4 cm³/mol. The first-order valence-corrected chi connectivity index (χ1v) is 7.33. The van der Waals surface area contributed by atoms with Gasteiger partial charge >= 0.3 is 0 Å². The third kappa shape index (κ3) is 2.69. The average molecular weight is 272 g/mol. The Morgan fingerprint density at radius 1 is 1.21 bits per heavy atom. The molecule has 19 heavy (non-hydrogen) atoms. The second-order valence-electron chi connectivity index (χ2n) is 4.65. The number of thiophene rings is 1. The SMILES string of the molecule is O=C(c1cccs1)N1CCNC(c2ccccc2)C1. The van der Waals surface area contributed by atoms with Crippen LogP contribution in [0, 0.1) is 0 Å². The summed E-state index contributed by atoms with van der Waals surface area (Å²) in [6.07, 6.45) is 0. The fraction of sp³-hybridized carbons (Fsp3) is 0.267. The number of benzene rings is 1. The molecule has 1 fully saturated rings. The van der Waals surface area contributed by atoms with Crippen LogP contribution in [0.25, 0.3) is 0 Å². The van der Waals surface area contributed by atoms with Crippen molar-refractivity contribution in [2.24, 2.45) is 0 Å². The lowest BCUT2D eigenvalue weighted by Gasteiger charge is -2.33. The quantitative estimate of drug-likeness (QED) is 0.911. The Morgan fingerprint density at radius 3 is 2.79 bits per heavy atom. The van der Waals surface area contributed by atoms with Crippen LogP contribution in [0.4, 0.5) is 0 Å². The molecule has 1 unspecified atom stereocenters. The molecule has 1 amide bonds. The fourth-order valence-corrected chi connectivity index (χ4v) is 3.09. The molecule has 3 rings (SSSR count). The van der Waals surface area contributed by atoms with E-state index in [0.29, 0.717) is 0 Å². The number of carbonyl (C=O) groups excluding carboxylic acids is 1. The second-order valence-corrected chi connectivity index (χ2v) is 5.59. The lowest BCUT2D eigenvalue weighted by molar-refractivity contribution is 0.0708. The number of piperazine rings is 1. The van der Waals surface area contributed by atoms with Gasteiger partial charge in [0.2, 0.25) is 0 Å². The molecule has 1 atom stereocenters. The third-order valence-corrected chi connectivity index (χ3v) is 4.25. The molecule has 0 aliphatic carbocycles. The highest BCUT2D eigenvalue weighted by Gasteiger charge is 2.25. The Hall–Kier alpha value is -1.65. The third-order valence-electron chi connectivity index (χ3n) is 3.40. The van der Waals surface area contributed by atoms with E-state index >= 15 is 0 Å². The molecule has 98 valence electrons. The van der Waals surface area contributed by atoms with Crippen molar-refractivity contribution < 1.29 is 4.79 Å². The van der Waals surface area contributed by atoms with Crippen LogP contribution in [0.5, 0.6) is 0 Å². The number of hydrogen-bond donors (Lipinski definition) is 1. The van der Waals surface area contributed by atoms with Gasteiger partial charge in [0.1, 0.15) is 0 Å². The smallest absolute Gasteiger partial charge is 0.264 e. The minimum Gasteiger partial charge on any atom is -0.335 e.